The van der Waals surface area contributed by atoms with E-state index < -0.39 is 23.8 Å². The van der Waals surface area contributed by atoms with Crippen LogP contribution < -0.4 is 20.7 Å². The molecule has 1 aliphatic rings. The summed E-state index contributed by atoms with van der Waals surface area (Å²) in [4.78, 5) is 24.8. The molecule has 27 heavy (non-hydrogen) atoms. The van der Waals surface area contributed by atoms with Gasteiger partial charge < -0.3 is 20.7 Å². The number of rotatable bonds is 4. The van der Waals surface area contributed by atoms with Crippen molar-refractivity contribution in [2.24, 2.45) is 0 Å². The molecule has 3 rings (SSSR count). The first kappa shape index (κ1) is 18.7. The Morgan fingerprint density at radius 1 is 1.22 bits per heavy atom. The van der Waals surface area contributed by atoms with E-state index in [1.807, 2.05) is 0 Å². The molecule has 0 bridgehead atoms. The second-order valence-electron chi connectivity index (χ2n) is 5.89. The largest absolute Gasteiger partial charge is 0.497 e. The van der Waals surface area contributed by atoms with Gasteiger partial charge in [-0.15, -0.1) is 0 Å². The number of ether oxygens (including phenoxy) is 1. The Hall–Kier alpha value is -3.06. The zero-order chi connectivity index (χ0) is 19.6. The number of methoxy groups -OCH3 is 1. The monoisotopic (exact) mass is 389 g/mol. The van der Waals surface area contributed by atoms with E-state index in [-0.39, 0.29) is 16.2 Å². The lowest BCUT2D eigenvalue weighted by molar-refractivity contribution is -0.113. The first-order valence-corrected chi connectivity index (χ1v) is 8.46. The molecule has 6 nitrogen and oxygen atoms in total. The number of carbonyl (C=O) groups is 2. The molecule has 140 valence electrons. The number of urea groups is 1. The van der Waals surface area contributed by atoms with Gasteiger partial charge in [0, 0.05) is 22.0 Å². The third-order valence-electron chi connectivity index (χ3n) is 4.15. The van der Waals surface area contributed by atoms with E-state index in [1.165, 1.54) is 18.2 Å². The highest BCUT2D eigenvalue weighted by Gasteiger charge is 2.34. The van der Waals surface area contributed by atoms with Gasteiger partial charge in [0.1, 0.15) is 11.6 Å². The van der Waals surface area contributed by atoms with Crippen LogP contribution in [0.25, 0.3) is 0 Å². The van der Waals surface area contributed by atoms with Crippen LogP contribution in [0, 0.1) is 5.82 Å². The summed E-state index contributed by atoms with van der Waals surface area (Å²) < 4.78 is 19.5. The number of hydrogen-bond acceptors (Lipinski definition) is 3. The predicted molar refractivity (Wildman–Crippen MR) is 100 cm³/mol. The summed E-state index contributed by atoms with van der Waals surface area (Å²) in [7, 11) is 1.54. The molecule has 0 unspecified atom stereocenters. The van der Waals surface area contributed by atoms with Crippen molar-refractivity contribution in [1.82, 2.24) is 10.6 Å². The molecule has 0 fully saturated rings. The summed E-state index contributed by atoms with van der Waals surface area (Å²) in [5, 5.41) is 7.96. The molecule has 0 aromatic heterocycles. The summed E-state index contributed by atoms with van der Waals surface area (Å²) in [6.07, 6.45) is 0. The van der Waals surface area contributed by atoms with Crippen molar-refractivity contribution >= 4 is 29.2 Å². The minimum atomic E-state index is -1.02. The highest BCUT2D eigenvalue weighted by molar-refractivity contribution is 6.31. The molecule has 1 atom stereocenters. The summed E-state index contributed by atoms with van der Waals surface area (Å²) in [6.45, 7) is 1.57. The van der Waals surface area contributed by atoms with Crippen molar-refractivity contribution in [3.8, 4) is 5.75 Å². The number of anilines is 1. The van der Waals surface area contributed by atoms with E-state index in [0.29, 0.717) is 17.1 Å². The van der Waals surface area contributed by atoms with Crippen LogP contribution in [0.1, 0.15) is 18.5 Å². The topological polar surface area (TPSA) is 79.5 Å². The second kappa shape index (κ2) is 7.67. The van der Waals surface area contributed by atoms with Crippen LogP contribution in [0.4, 0.5) is 14.9 Å². The lowest BCUT2D eigenvalue weighted by Gasteiger charge is -2.29. The quantitative estimate of drug-likeness (QED) is 0.745. The minimum Gasteiger partial charge on any atom is -0.497 e. The maximum absolute atomic E-state index is 14.4. The number of benzene rings is 2. The summed E-state index contributed by atoms with van der Waals surface area (Å²) in [5.74, 6) is -0.460. The first-order chi connectivity index (χ1) is 12.9. The molecule has 2 aromatic rings. The van der Waals surface area contributed by atoms with Gasteiger partial charge in [0.25, 0.3) is 5.91 Å². The van der Waals surface area contributed by atoms with Gasteiger partial charge in [-0.3, -0.25) is 4.79 Å². The van der Waals surface area contributed by atoms with Gasteiger partial charge in [-0.25, -0.2) is 9.18 Å². The highest BCUT2D eigenvalue weighted by atomic mass is 35.5. The molecule has 1 aliphatic heterocycles. The normalized spacial score (nSPS) is 16.4. The van der Waals surface area contributed by atoms with Gasteiger partial charge in [-0.2, -0.15) is 0 Å². The van der Waals surface area contributed by atoms with Crippen molar-refractivity contribution in [2.45, 2.75) is 13.0 Å². The fourth-order valence-corrected chi connectivity index (χ4v) is 3.14. The van der Waals surface area contributed by atoms with E-state index in [1.54, 1.807) is 38.3 Å². The fourth-order valence-electron chi connectivity index (χ4n) is 2.87. The molecule has 3 N–H and O–H groups in total. The third-order valence-corrected chi connectivity index (χ3v) is 4.48. The van der Waals surface area contributed by atoms with Crippen LogP contribution >= 0.6 is 11.6 Å². The first-order valence-electron chi connectivity index (χ1n) is 8.08. The van der Waals surface area contributed by atoms with Gasteiger partial charge in [0.05, 0.1) is 18.7 Å². The van der Waals surface area contributed by atoms with Gasteiger partial charge in [0.2, 0.25) is 0 Å². The van der Waals surface area contributed by atoms with Crippen LogP contribution in [0.5, 0.6) is 5.75 Å². The molecule has 0 saturated carbocycles. The average Bonchev–Trinajstić information content (AvgIpc) is 2.61. The molecule has 0 saturated heterocycles. The zero-order valence-electron chi connectivity index (χ0n) is 14.6. The van der Waals surface area contributed by atoms with Gasteiger partial charge in [-0.1, -0.05) is 17.7 Å². The number of nitrogens with one attached hydrogen (secondary N) is 3. The predicted octanol–water partition coefficient (Wildman–Crippen LogP) is 3.75. The maximum atomic E-state index is 14.4. The third kappa shape index (κ3) is 3.88. The Kier molecular flexibility index (Phi) is 5.32. The van der Waals surface area contributed by atoms with E-state index in [4.69, 9.17) is 16.3 Å². The van der Waals surface area contributed by atoms with E-state index in [0.717, 1.165) is 0 Å². The highest BCUT2D eigenvalue weighted by Crippen LogP contribution is 2.34. The summed E-state index contributed by atoms with van der Waals surface area (Å²) in [5.41, 5.74) is 1.04. The lowest BCUT2D eigenvalue weighted by atomic mass is 9.94. The van der Waals surface area contributed by atoms with E-state index >= 15 is 0 Å². The van der Waals surface area contributed by atoms with Crippen molar-refractivity contribution < 1.29 is 18.7 Å². The van der Waals surface area contributed by atoms with E-state index in [2.05, 4.69) is 16.0 Å². The number of allylic oxidation sites excluding steroid dienone is 1. The number of halogens is 2. The van der Waals surface area contributed by atoms with Crippen LogP contribution in [0.3, 0.4) is 0 Å². The Labute approximate surface area is 160 Å². The Morgan fingerprint density at radius 3 is 2.56 bits per heavy atom. The Morgan fingerprint density at radius 2 is 1.93 bits per heavy atom. The van der Waals surface area contributed by atoms with Crippen molar-refractivity contribution in [2.75, 3.05) is 12.4 Å². The average molecular weight is 390 g/mol. The van der Waals surface area contributed by atoms with E-state index in [9.17, 15) is 14.0 Å². The molecule has 0 aliphatic carbocycles. The van der Waals surface area contributed by atoms with Gasteiger partial charge >= 0.3 is 6.03 Å². The second-order valence-corrected chi connectivity index (χ2v) is 6.30. The lowest BCUT2D eigenvalue weighted by Crippen LogP contribution is -2.46. The minimum absolute atomic E-state index is 0.0354. The fraction of sp³-hybridized carbons (Fsp3) is 0.158. The van der Waals surface area contributed by atoms with Crippen molar-refractivity contribution in [3.05, 3.63) is 70.1 Å². The molecule has 3 amide bonds. The number of amides is 3. The maximum Gasteiger partial charge on any atom is 0.319 e. The molecule has 2 aromatic carbocycles. The van der Waals surface area contributed by atoms with Crippen molar-refractivity contribution in [3.63, 3.8) is 0 Å². The smallest absolute Gasteiger partial charge is 0.319 e. The Bertz CT molecular complexity index is 908. The van der Waals surface area contributed by atoms with Gasteiger partial charge in [0.15, 0.2) is 0 Å². The summed E-state index contributed by atoms with van der Waals surface area (Å²) >= 11 is 6.14. The Balaban J connectivity index is 1.97. The standard InChI is InChI=1S/C19H17ClFN3O3/c1-10-15(18(25)23-11-6-8-12(27-2)9-7-11)17(24-19(26)22-10)16-13(20)4-3-5-14(16)21/h3-9,17H,1-2H3,(H,23,25)(H2,22,24,26)/t17-/m0/s1. The van der Waals surface area contributed by atoms with Crippen LogP contribution in [0.2, 0.25) is 5.02 Å². The summed E-state index contributed by atoms with van der Waals surface area (Å²) in [6, 6.07) is 9.36. The molecule has 0 spiro atoms. The number of hydrogen-bond donors (Lipinski definition) is 3. The molecule has 0 radical (unpaired) electrons. The van der Waals surface area contributed by atoms with Crippen molar-refractivity contribution in [1.29, 1.82) is 0 Å². The molecular formula is C19H17ClFN3O3. The van der Waals surface area contributed by atoms with Gasteiger partial charge in [-0.05, 0) is 43.3 Å². The zero-order valence-corrected chi connectivity index (χ0v) is 15.4. The van der Waals surface area contributed by atoms with Crippen LogP contribution in [0.15, 0.2) is 53.7 Å². The number of carbonyl (C=O) groups excluding carboxylic acids is 2. The van der Waals surface area contributed by atoms with Crippen LogP contribution in [-0.4, -0.2) is 19.0 Å². The SMILES string of the molecule is COc1ccc(NC(=O)C2=C(C)NC(=O)N[C@@H]2c2c(F)cccc2Cl)cc1. The molecule has 1 heterocycles. The molecular weight excluding hydrogens is 373 g/mol. The van der Waals surface area contributed by atoms with Crippen LogP contribution in [-0.2, 0) is 4.79 Å². The molecule has 8 heteroatoms.